The summed E-state index contributed by atoms with van der Waals surface area (Å²) in [5.41, 5.74) is 1.48. The van der Waals surface area contributed by atoms with Gasteiger partial charge in [-0.1, -0.05) is 13.8 Å². The Morgan fingerprint density at radius 2 is 2.17 bits per heavy atom. The number of imidazole rings is 1. The average molecular weight is 337 g/mol. The molecule has 10 nitrogen and oxygen atoms in total. The second-order valence-corrected chi connectivity index (χ2v) is 6.13. The smallest absolute Gasteiger partial charge is 0.212 e. The lowest BCUT2D eigenvalue weighted by molar-refractivity contribution is -0.199. The van der Waals surface area contributed by atoms with Crippen LogP contribution in [0.15, 0.2) is 12.7 Å². The van der Waals surface area contributed by atoms with Gasteiger partial charge in [0.15, 0.2) is 22.8 Å². The van der Waals surface area contributed by atoms with Gasteiger partial charge < -0.3 is 25.8 Å². The summed E-state index contributed by atoms with van der Waals surface area (Å²) in [6.45, 7) is 2.11. The molecule has 2 aromatic heterocycles. The lowest BCUT2D eigenvalue weighted by Crippen LogP contribution is -2.63. The van der Waals surface area contributed by atoms with Crippen LogP contribution in [0.3, 0.4) is 0 Å². The Balaban J connectivity index is 2.26. The highest BCUT2D eigenvalue weighted by molar-refractivity contribution is 5.91. The minimum absolute atomic E-state index is 0.0838. The SMILES string of the molecule is CC(C)C(=O)[C@@]1(O)CO[C@H](CO)[C@@]1(O)n1cnc2c(N)ncnc21. The lowest BCUT2D eigenvalue weighted by Gasteiger charge is -2.39. The van der Waals surface area contributed by atoms with Crippen molar-refractivity contribution >= 4 is 22.8 Å². The molecule has 1 saturated heterocycles. The predicted molar refractivity (Wildman–Crippen MR) is 81.5 cm³/mol. The number of carbonyl (C=O) groups is 1. The van der Waals surface area contributed by atoms with E-state index in [4.69, 9.17) is 10.5 Å². The van der Waals surface area contributed by atoms with Crippen molar-refractivity contribution in [1.82, 2.24) is 19.5 Å². The van der Waals surface area contributed by atoms with Gasteiger partial charge in [0.2, 0.25) is 5.72 Å². The number of rotatable bonds is 4. The number of anilines is 1. The topological polar surface area (TPSA) is 157 Å². The number of nitrogens with zero attached hydrogens (tertiary/aromatic N) is 4. The minimum atomic E-state index is -2.29. The van der Waals surface area contributed by atoms with Crippen LogP contribution in [0.2, 0.25) is 0 Å². The van der Waals surface area contributed by atoms with E-state index < -0.39 is 42.3 Å². The highest BCUT2D eigenvalue weighted by Gasteiger charge is 2.66. The van der Waals surface area contributed by atoms with Gasteiger partial charge in [-0.05, 0) is 0 Å². The highest BCUT2D eigenvalue weighted by Crippen LogP contribution is 2.42. The first-order chi connectivity index (χ1) is 11.3. The quantitative estimate of drug-likeness (QED) is 0.516. The van der Waals surface area contributed by atoms with Gasteiger partial charge >= 0.3 is 0 Å². The summed E-state index contributed by atoms with van der Waals surface area (Å²) in [5, 5.41) is 31.9. The molecule has 24 heavy (non-hydrogen) atoms. The van der Waals surface area contributed by atoms with E-state index in [1.54, 1.807) is 13.8 Å². The maximum absolute atomic E-state index is 12.6. The molecule has 3 heterocycles. The van der Waals surface area contributed by atoms with Crippen LogP contribution < -0.4 is 5.73 Å². The second-order valence-electron chi connectivity index (χ2n) is 6.13. The van der Waals surface area contributed by atoms with Crippen molar-refractivity contribution in [2.45, 2.75) is 31.3 Å². The Morgan fingerprint density at radius 3 is 2.79 bits per heavy atom. The molecule has 2 aromatic rings. The summed E-state index contributed by atoms with van der Waals surface area (Å²) in [7, 11) is 0. The number of nitrogens with two attached hydrogens (primary N) is 1. The zero-order valence-electron chi connectivity index (χ0n) is 13.2. The van der Waals surface area contributed by atoms with Gasteiger partial charge in [0, 0.05) is 5.92 Å². The molecule has 10 heteroatoms. The number of aliphatic hydroxyl groups is 3. The second kappa shape index (κ2) is 5.45. The minimum Gasteiger partial charge on any atom is -0.393 e. The van der Waals surface area contributed by atoms with Crippen molar-refractivity contribution in [1.29, 1.82) is 0 Å². The standard InChI is InChI=1S/C14H19N5O5/c1-7(2)10(21)13(22)4-24-8(3-20)14(13,23)19-6-18-9-11(15)16-5-17-12(9)19/h5-8,20,22-23H,3-4H2,1-2H3,(H2,15,16,17)/t8-,13+,14+/m1/s1. The molecule has 1 aliphatic heterocycles. The summed E-state index contributed by atoms with van der Waals surface area (Å²) in [6.07, 6.45) is 1.11. The molecule has 1 aliphatic rings. The first-order valence-corrected chi connectivity index (χ1v) is 7.43. The van der Waals surface area contributed by atoms with E-state index in [2.05, 4.69) is 15.0 Å². The van der Waals surface area contributed by atoms with Gasteiger partial charge in [-0.2, -0.15) is 0 Å². The molecule has 0 saturated carbocycles. The van der Waals surface area contributed by atoms with Crippen molar-refractivity contribution in [3.8, 4) is 0 Å². The molecular formula is C14H19N5O5. The van der Waals surface area contributed by atoms with Gasteiger partial charge in [0.1, 0.15) is 17.9 Å². The number of ether oxygens (including phenoxy) is 1. The van der Waals surface area contributed by atoms with Gasteiger partial charge in [0.25, 0.3) is 0 Å². The van der Waals surface area contributed by atoms with Crippen LogP contribution in [0.5, 0.6) is 0 Å². The molecular weight excluding hydrogens is 318 g/mol. The molecule has 0 radical (unpaired) electrons. The number of hydrogen-bond donors (Lipinski definition) is 4. The van der Waals surface area contributed by atoms with Crippen LogP contribution in [0.4, 0.5) is 5.82 Å². The van der Waals surface area contributed by atoms with Gasteiger partial charge in [-0.3, -0.25) is 9.36 Å². The van der Waals surface area contributed by atoms with Crippen molar-refractivity contribution in [3.05, 3.63) is 12.7 Å². The fourth-order valence-electron chi connectivity index (χ4n) is 3.08. The Hall–Kier alpha value is -2.14. The summed E-state index contributed by atoms with van der Waals surface area (Å²) < 4.78 is 6.42. The third kappa shape index (κ3) is 1.97. The Bertz CT molecular complexity index is 793. The van der Waals surface area contributed by atoms with Crippen molar-refractivity contribution in [2.24, 2.45) is 5.92 Å². The molecule has 1 fully saturated rings. The number of hydrogen-bond acceptors (Lipinski definition) is 9. The van der Waals surface area contributed by atoms with E-state index in [1.165, 1.54) is 12.7 Å². The molecule has 3 atom stereocenters. The highest BCUT2D eigenvalue weighted by atomic mass is 16.6. The lowest BCUT2D eigenvalue weighted by atomic mass is 9.81. The summed E-state index contributed by atoms with van der Waals surface area (Å²) in [4.78, 5) is 24.4. The van der Waals surface area contributed by atoms with E-state index in [1.807, 2.05) is 0 Å². The van der Waals surface area contributed by atoms with Gasteiger partial charge in [-0.15, -0.1) is 0 Å². The number of ketones is 1. The van der Waals surface area contributed by atoms with E-state index >= 15 is 0 Å². The van der Waals surface area contributed by atoms with Crippen molar-refractivity contribution < 1.29 is 24.9 Å². The number of nitrogen functional groups attached to an aromatic ring is 1. The number of fused-ring (bicyclic) bond motifs is 1. The van der Waals surface area contributed by atoms with Gasteiger partial charge in [-0.25, -0.2) is 15.0 Å². The van der Waals surface area contributed by atoms with E-state index in [0.29, 0.717) is 0 Å². The average Bonchev–Trinajstić information content (AvgIpc) is 3.09. The zero-order chi connectivity index (χ0) is 17.7. The maximum Gasteiger partial charge on any atom is 0.212 e. The number of aromatic nitrogens is 4. The molecule has 0 bridgehead atoms. The summed E-state index contributed by atoms with van der Waals surface area (Å²) in [6, 6.07) is 0. The molecule has 130 valence electrons. The largest absolute Gasteiger partial charge is 0.393 e. The van der Waals surface area contributed by atoms with Crippen LogP contribution >= 0.6 is 0 Å². The first-order valence-electron chi connectivity index (χ1n) is 7.43. The molecule has 5 N–H and O–H groups in total. The molecule has 0 amide bonds. The monoisotopic (exact) mass is 337 g/mol. The summed E-state index contributed by atoms with van der Waals surface area (Å²) >= 11 is 0. The Kier molecular flexibility index (Phi) is 3.79. The molecule has 3 rings (SSSR count). The Labute approximate surface area is 136 Å². The van der Waals surface area contributed by atoms with Crippen molar-refractivity contribution in [2.75, 3.05) is 18.9 Å². The number of carbonyl (C=O) groups excluding carboxylic acids is 1. The molecule has 0 unspecified atom stereocenters. The van der Waals surface area contributed by atoms with E-state index in [-0.39, 0.29) is 17.0 Å². The third-order valence-corrected chi connectivity index (χ3v) is 4.38. The van der Waals surface area contributed by atoms with Crippen LogP contribution in [0, 0.1) is 5.92 Å². The number of Topliss-reactive ketones (excluding diaryl/α,β-unsaturated/α-hetero) is 1. The van der Waals surface area contributed by atoms with Crippen LogP contribution in [-0.4, -0.2) is 65.5 Å². The predicted octanol–water partition coefficient (Wildman–Crippen LogP) is -1.60. The normalized spacial score (nSPS) is 30.3. The Morgan fingerprint density at radius 1 is 1.46 bits per heavy atom. The zero-order valence-corrected chi connectivity index (χ0v) is 13.2. The molecule has 0 aromatic carbocycles. The van der Waals surface area contributed by atoms with Gasteiger partial charge in [0.05, 0.1) is 19.5 Å². The fourth-order valence-corrected chi connectivity index (χ4v) is 3.08. The first kappa shape index (κ1) is 16.7. The van der Waals surface area contributed by atoms with Crippen LogP contribution in [0.1, 0.15) is 13.8 Å². The molecule has 0 spiro atoms. The van der Waals surface area contributed by atoms with Crippen LogP contribution in [-0.2, 0) is 15.3 Å². The molecule has 0 aliphatic carbocycles. The van der Waals surface area contributed by atoms with E-state index in [9.17, 15) is 20.1 Å². The van der Waals surface area contributed by atoms with Crippen molar-refractivity contribution in [3.63, 3.8) is 0 Å². The van der Waals surface area contributed by atoms with Crippen LogP contribution in [0.25, 0.3) is 11.2 Å². The van der Waals surface area contributed by atoms with E-state index in [0.717, 1.165) is 4.57 Å². The third-order valence-electron chi connectivity index (χ3n) is 4.38. The fraction of sp³-hybridized carbons (Fsp3) is 0.571. The summed E-state index contributed by atoms with van der Waals surface area (Å²) in [5.74, 6) is -1.11. The maximum atomic E-state index is 12.6. The number of aliphatic hydroxyl groups excluding tert-OH is 1.